The molecule has 0 bridgehead atoms. The van der Waals surface area contributed by atoms with Gasteiger partial charge < -0.3 is 14.7 Å². The first-order chi connectivity index (χ1) is 14.6. The molecule has 1 amide bonds. The number of aromatic amines is 1. The van der Waals surface area contributed by atoms with Crippen molar-refractivity contribution in [1.82, 2.24) is 15.3 Å². The number of aliphatic imine (C=N–C) groups is 1. The average Bonchev–Trinajstić information content (AvgIpc) is 3.43. The molecule has 0 aliphatic carbocycles. The van der Waals surface area contributed by atoms with Gasteiger partial charge in [0.25, 0.3) is 5.91 Å². The van der Waals surface area contributed by atoms with E-state index in [1.54, 1.807) is 24.3 Å². The standard InChI is InChI=1S/C21H13FN4O2S2/c22-12-5-7-13(8-6-12)23-20-26-19(27)17(29-20)11-14-9-10-18(28-14)30-21-24-15-3-1-2-4-16(15)25-21/h1-11H,(H,24,25)(H,23,26,27)/b17-11+. The Morgan fingerprint density at radius 2 is 1.93 bits per heavy atom. The molecule has 1 saturated heterocycles. The molecule has 0 atom stereocenters. The van der Waals surface area contributed by atoms with Crippen molar-refractivity contribution in [2.75, 3.05) is 0 Å². The summed E-state index contributed by atoms with van der Waals surface area (Å²) in [5.74, 6) is -0.0465. The molecule has 9 heteroatoms. The molecule has 1 aliphatic rings. The smallest absolute Gasteiger partial charge is 0.264 e. The van der Waals surface area contributed by atoms with Gasteiger partial charge >= 0.3 is 0 Å². The van der Waals surface area contributed by atoms with Gasteiger partial charge in [-0.05, 0) is 72.1 Å². The molecule has 0 radical (unpaired) electrons. The quantitative estimate of drug-likeness (QED) is 0.422. The van der Waals surface area contributed by atoms with Crippen LogP contribution in [0.2, 0.25) is 0 Å². The van der Waals surface area contributed by atoms with Crippen LogP contribution in [0.1, 0.15) is 5.76 Å². The fraction of sp³-hybridized carbons (Fsp3) is 0. The molecule has 2 aromatic carbocycles. The molecule has 1 aliphatic heterocycles. The van der Waals surface area contributed by atoms with Crippen LogP contribution in [0, 0.1) is 5.82 Å². The Morgan fingerprint density at radius 1 is 1.10 bits per heavy atom. The lowest BCUT2D eigenvalue weighted by atomic mass is 10.3. The lowest BCUT2D eigenvalue weighted by Crippen LogP contribution is -2.19. The Kier molecular flexibility index (Phi) is 4.89. The predicted octanol–water partition coefficient (Wildman–Crippen LogP) is 5.34. The second-order valence-corrected chi connectivity index (χ2v) is 8.30. The zero-order valence-corrected chi connectivity index (χ0v) is 16.9. The van der Waals surface area contributed by atoms with E-state index in [2.05, 4.69) is 20.3 Å². The van der Waals surface area contributed by atoms with Crippen LogP contribution in [-0.4, -0.2) is 21.0 Å². The number of rotatable bonds is 4. The number of nitrogens with zero attached hydrogens (tertiary/aromatic N) is 2. The summed E-state index contributed by atoms with van der Waals surface area (Å²) >= 11 is 2.57. The van der Waals surface area contributed by atoms with E-state index < -0.39 is 0 Å². The van der Waals surface area contributed by atoms with Gasteiger partial charge in [0.2, 0.25) is 0 Å². The van der Waals surface area contributed by atoms with Gasteiger partial charge in [0.05, 0.1) is 21.6 Å². The highest BCUT2D eigenvalue weighted by atomic mass is 32.2. The number of amides is 1. The molecular formula is C21H13FN4O2S2. The summed E-state index contributed by atoms with van der Waals surface area (Å²) in [6.07, 6.45) is 1.66. The first kappa shape index (κ1) is 18.7. The van der Waals surface area contributed by atoms with Crippen LogP contribution in [0.15, 0.2) is 85.2 Å². The highest BCUT2D eigenvalue weighted by Gasteiger charge is 2.24. The van der Waals surface area contributed by atoms with Gasteiger partial charge in [0, 0.05) is 6.08 Å². The maximum absolute atomic E-state index is 13.0. The summed E-state index contributed by atoms with van der Waals surface area (Å²) in [5.41, 5.74) is 2.41. The number of carbonyl (C=O) groups excluding carboxylic acids is 1. The normalized spacial score (nSPS) is 16.6. The van der Waals surface area contributed by atoms with E-state index in [0.717, 1.165) is 16.2 Å². The SMILES string of the molecule is O=C1NC(=Nc2ccc(F)cc2)S/C1=C/c1ccc(Sc2nc3ccccc3[nH]2)o1. The fourth-order valence-corrected chi connectivity index (χ4v) is 4.37. The van der Waals surface area contributed by atoms with Gasteiger partial charge in [-0.15, -0.1) is 0 Å². The van der Waals surface area contributed by atoms with Crippen LogP contribution in [-0.2, 0) is 4.79 Å². The predicted molar refractivity (Wildman–Crippen MR) is 116 cm³/mol. The number of hydrogen-bond acceptors (Lipinski definition) is 6. The number of amidine groups is 1. The van der Waals surface area contributed by atoms with E-state index in [-0.39, 0.29) is 11.7 Å². The molecule has 30 heavy (non-hydrogen) atoms. The molecule has 5 rings (SSSR count). The number of para-hydroxylation sites is 2. The number of furan rings is 1. The molecule has 0 saturated carbocycles. The fourth-order valence-electron chi connectivity index (χ4n) is 2.78. The van der Waals surface area contributed by atoms with Crippen molar-refractivity contribution in [3.05, 3.63) is 77.1 Å². The van der Waals surface area contributed by atoms with Gasteiger partial charge in [0.15, 0.2) is 15.4 Å². The Bertz CT molecular complexity index is 1280. The van der Waals surface area contributed by atoms with E-state index in [1.165, 1.54) is 35.7 Å². The van der Waals surface area contributed by atoms with Gasteiger partial charge in [-0.1, -0.05) is 12.1 Å². The van der Waals surface area contributed by atoms with Crippen LogP contribution in [0.5, 0.6) is 0 Å². The minimum absolute atomic E-state index is 0.260. The van der Waals surface area contributed by atoms with E-state index in [9.17, 15) is 9.18 Å². The number of imidazole rings is 1. The van der Waals surface area contributed by atoms with Crippen molar-refractivity contribution in [2.45, 2.75) is 10.2 Å². The summed E-state index contributed by atoms with van der Waals surface area (Å²) in [6.45, 7) is 0. The summed E-state index contributed by atoms with van der Waals surface area (Å²) in [6, 6.07) is 17.1. The van der Waals surface area contributed by atoms with Crippen molar-refractivity contribution in [2.24, 2.45) is 4.99 Å². The topological polar surface area (TPSA) is 83.3 Å². The molecule has 6 nitrogen and oxygen atoms in total. The summed E-state index contributed by atoms with van der Waals surface area (Å²) in [4.78, 5) is 24.8. The van der Waals surface area contributed by atoms with E-state index in [4.69, 9.17) is 4.42 Å². The molecule has 0 unspecified atom stereocenters. The van der Waals surface area contributed by atoms with E-state index in [0.29, 0.717) is 26.6 Å². The minimum Gasteiger partial charge on any atom is -0.450 e. The lowest BCUT2D eigenvalue weighted by Gasteiger charge is -1.95. The molecular weight excluding hydrogens is 423 g/mol. The van der Waals surface area contributed by atoms with Crippen molar-refractivity contribution in [3.8, 4) is 0 Å². The van der Waals surface area contributed by atoms with E-state index >= 15 is 0 Å². The van der Waals surface area contributed by atoms with Gasteiger partial charge in [0.1, 0.15) is 11.6 Å². The highest BCUT2D eigenvalue weighted by molar-refractivity contribution is 8.18. The Balaban J connectivity index is 1.31. The number of H-pyrrole nitrogens is 1. The molecule has 2 aromatic heterocycles. The van der Waals surface area contributed by atoms with Crippen LogP contribution in [0.3, 0.4) is 0 Å². The van der Waals surface area contributed by atoms with Crippen molar-refractivity contribution >= 4 is 57.4 Å². The van der Waals surface area contributed by atoms with Gasteiger partial charge in [-0.2, -0.15) is 0 Å². The zero-order valence-electron chi connectivity index (χ0n) is 15.3. The zero-order chi connectivity index (χ0) is 20.5. The summed E-state index contributed by atoms with van der Waals surface area (Å²) < 4.78 is 18.8. The lowest BCUT2D eigenvalue weighted by molar-refractivity contribution is -0.115. The average molecular weight is 436 g/mol. The third-order valence-electron chi connectivity index (χ3n) is 4.15. The second-order valence-electron chi connectivity index (χ2n) is 6.28. The number of thioether (sulfide) groups is 1. The minimum atomic E-state index is -0.336. The van der Waals surface area contributed by atoms with Crippen molar-refractivity contribution < 1.29 is 13.6 Å². The van der Waals surface area contributed by atoms with Gasteiger partial charge in [-0.3, -0.25) is 4.79 Å². The monoisotopic (exact) mass is 436 g/mol. The maximum Gasteiger partial charge on any atom is 0.264 e. The third kappa shape index (κ3) is 4.03. The summed E-state index contributed by atoms with van der Waals surface area (Å²) in [7, 11) is 0. The molecule has 148 valence electrons. The Labute approximate surface area is 178 Å². The number of carbonyl (C=O) groups is 1. The first-order valence-electron chi connectivity index (χ1n) is 8.90. The number of hydrogen-bond donors (Lipinski definition) is 2. The molecule has 3 heterocycles. The molecule has 2 N–H and O–H groups in total. The molecule has 0 spiro atoms. The second kappa shape index (κ2) is 7.85. The number of aromatic nitrogens is 2. The van der Waals surface area contributed by atoms with Crippen LogP contribution in [0.4, 0.5) is 10.1 Å². The van der Waals surface area contributed by atoms with Crippen molar-refractivity contribution in [1.29, 1.82) is 0 Å². The molecule has 4 aromatic rings. The largest absolute Gasteiger partial charge is 0.450 e. The number of fused-ring (bicyclic) bond motifs is 1. The number of nitrogens with one attached hydrogen (secondary N) is 2. The Hall–Kier alpha value is -3.30. The molecule has 1 fully saturated rings. The number of benzene rings is 2. The van der Waals surface area contributed by atoms with Gasteiger partial charge in [-0.25, -0.2) is 14.4 Å². The third-order valence-corrected chi connectivity index (χ3v) is 5.87. The van der Waals surface area contributed by atoms with E-state index in [1.807, 2.05) is 30.3 Å². The van der Waals surface area contributed by atoms with Crippen molar-refractivity contribution in [3.63, 3.8) is 0 Å². The summed E-state index contributed by atoms with van der Waals surface area (Å²) in [5, 5.41) is 4.52. The highest BCUT2D eigenvalue weighted by Crippen LogP contribution is 2.32. The Morgan fingerprint density at radius 3 is 2.77 bits per heavy atom. The van der Waals surface area contributed by atoms with Crippen LogP contribution < -0.4 is 5.32 Å². The maximum atomic E-state index is 13.0. The first-order valence-corrected chi connectivity index (χ1v) is 10.5. The van der Waals surface area contributed by atoms with Crippen LogP contribution in [0.25, 0.3) is 17.1 Å². The van der Waals surface area contributed by atoms with Crippen LogP contribution >= 0.6 is 23.5 Å². The number of halogens is 1.